The van der Waals surface area contributed by atoms with Gasteiger partial charge in [0.15, 0.2) is 0 Å². The summed E-state index contributed by atoms with van der Waals surface area (Å²) in [4.78, 5) is 14.5. The number of halogens is 1. The summed E-state index contributed by atoms with van der Waals surface area (Å²) in [6, 6.07) is 1.84. The molecule has 1 aliphatic carbocycles. The van der Waals surface area contributed by atoms with Crippen LogP contribution in [0.15, 0.2) is 0 Å². The maximum absolute atomic E-state index is 12.4. The molecule has 2 aliphatic heterocycles. The molecule has 2 saturated heterocycles. The van der Waals surface area contributed by atoms with Crippen LogP contribution in [-0.4, -0.2) is 36.0 Å². The number of amides is 1. The predicted octanol–water partition coefficient (Wildman–Crippen LogP) is 3.12. The summed E-state index contributed by atoms with van der Waals surface area (Å²) >= 11 is 0. The van der Waals surface area contributed by atoms with Gasteiger partial charge in [-0.3, -0.25) is 4.79 Å². The number of carbonyl (C=O) groups is 1. The van der Waals surface area contributed by atoms with Crippen molar-refractivity contribution < 1.29 is 4.79 Å². The van der Waals surface area contributed by atoms with Crippen molar-refractivity contribution in [3.63, 3.8) is 0 Å². The highest BCUT2D eigenvalue weighted by molar-refractivity contribution is 5.85. The average Bonchev–Trinajstić information content (AvgIpc) is 2.77. The van der Waals surface area contributed by atoms with Gasteiger partial charge in [-0.25, -0.2) is 0 Å². The van der Waals surface area contributed by atoms with Crippen LogP contribution in [-0.2, 0) is 4.79 Å². The number of nitrogens with zero attached hydrogens (tertiary/aromatic N) is 1. The molecule has 1 amide bonds. The number of rotatable bonds is 3. The van der Waals surface area contributed by atoms with E-state index < -0.39 is 0 Å². The Bertz CT molecular complexity index is 318. The normalized spacial score (nSPS) is 33.5. The Morgan fingerprint density at radius 3 is 2.25 bits per heavy atom. The molecule has 116 valence electrons. The quantitative estimate of drug-likeness (QED) is 0.868. The van der Waals surface area contributed by atoms with Crippen molar-refractivity contribution in [2.75, 3.05) is 7.05 Å². The van der Waals surface area contributed by atoms with Crippen LogP contribution in [0.5, 0.6) is 0 Å². The van der Waals surface area contributed by atoms with Crippen molar-refractivity contribution in [1.29, 1.82) is 0 Å². The fraction of sp³-hybridized carbons (Fsp3) is 0.938. The molecule has 3 aliphatic rings. The molecule has 3 nitrogen and oxygen atoms in total. The van der Waals surface area contributed by atoms with Gasteiger partial charge in [-0.2, -0.15) is 0 Å². The first kappa shape index (κ1) is 16.1. The van der Waals surface area contributed by atoms with E-state index in [0.29, 0.717) is 30.0 Å². The average molecular weight is 301 g/mol. The van der Waals surface area contributed by atoms with Gasteiger partial charge in [0.25, 0.3) is 0 Å². The lowest BCUT2D eigenvalue weighted by Crippen LogP contribution is -2.49. The van der Waals surface area contributed by atoms with Gasteiger partial charge in [-0.05, 0) is 44.4 Å². The smallest absolute Gasteiger partial charge is 0.222 e. The SMILES string of the molecule is CN(C(=O)CC1CCCCC1)C1CC2CCC(C1)N2.Cl. The van der Waals surface area contributed by atoms with Crippen LogP contribution in [0.4, 0.5) is 0 Å². The molecule has 2 heterocycles. The van der Waals surface area contributed by atoms with Crippen LogP contribution >= 0.6 is 12.4 Å². The highest BCUT2D eigenvalue weighted by atomic mass is 35.5. The van der Waals surface area contributed by atoms with Crippen molar-refractivity contribution in [2.24, 2.45) is 5.92 Å². The Kier molecular flexibility index (Phi) is 5.74. The fourth-order valence-electron chi connectivity index (χ4n) is 4.33. The molecule has 20 heavy (non-hydrogen) atoms. The molecule has 4 heteroatoms. The van der Waals surface area contributed by atoms with Crippen molar-refractivity contribution >= 4 is 18.3 Å². The third-order valence-corrected chi connectivity index (χ3v) is 5.58. The second-order valence-electron chi connectivity index (χ2n) is 6.98. The minimum absolute atomic E-state index is 0. The van der Waals surface area contributed by atoms with Crippen LogP contribution in [0, 0.1) is 5.92 Å². The van der Waals surface area contributed by atoms with Gasteiger partial charge >= 0.3 is 0 Å². The molecule has 3 fully saturated rings. The molecule has 2 unspecified atom stereocenters. The standard InChI is InChI=1S/C16H28N2O.ClH/c1-18(15-10-13-7-8-14(11-15)17-13)16(19)9-12-5-3-2-4-6-12;/h12-15,17H,2-11H2,1H3;1H. The molecular formula is C16H29ClN2O. The van der Waals surface area contributed by atoms with Crippen LogP contribution in [0.3, 0.4) is 0 Å². The molecule has 2 bridgehead atoms. The summed E-state index contributed by atoms with van der Waals surface area (Å²) in [7, 11) is 2.04. The van der Waals surface area contributed by atoms with Crippen LogP contribution < -0.4 is 5.32 Å². The number of carbonyl (C=O) groups excluding carboxylic acids is 1. The second-order valence-corrected chi connectivity index (χ2v) is 6.98. The number of nitrogens with one attached hydrogen (secondary N) is 1. The van der Waals surface area contributed by atoms with E-state index in [9.17, 15) is 4.79 Å². The van der Waals surface area contributed by atoms with E-state index in [0.717, 1.165) is 6.42 Å². The monoisotopic (exact) mass is 300 g/mol. The molecule has 0 spiro atoms. The highest BCUT2D eigenvalue weighted by Crippen LogP contribution is 2.31. The maximum atomic E-state index is 12.4. The Labute approximate surface area is 129 Å². The molecule has 0 aromatic heterocycles. The van der Waals surface area contributed by atoms with Crippen molar-refractivity contribution in [1.82, 2.24) is 10.2 Å². The van der Waals surface area contributed by atoms with Gasteiger partial charge in [0.1, 0.15) is 0 Å². The van der Waals surface area contributed by atoms with Crippen molar-refractivity contribution in [2.45, 2.75) is 82.3 Å². The van der Waals surface area contributed by atoms with E-state index in [1.807, 2.05) is 7.05 Å². The van der Waals surface area contributed by atoms with E-state index in [1.165, 1.54) is 57.8 Å². The van der Waals surface area contributed by atoms with E-state index in [-0.39, 0.29) is 12.4 Å². The molecular weight excluding hydrogens is 272 g/mol. The van der Waals surface area contributed by atoms with Crippen LogP contribution in [0.1, 0.15) is 64.2 Å². The van der Waals surface area contributed by atoms with Crippen molar-refractivity contribution in [3.05, 3.63) is 0 Å². The second kappa shape index (κ2) is 7.13. The number of piperidine rings is 1. The first-order chi connectivity index (χ1) is 9.22. The minimum atomic E-state index is 0. The Morgan fingerprint density at radius 1 is 1.05 bits per heavy atom. The third-order valence-electron chi connectivity index (χ3n) is 5.58. The fourth-order valence-corrected chi connectivity index (χ4v) is 4.33. The number of fused-ring (bicyclic) bond motifs is 2. The van der Waals surface area contributed by atoms with E-state index >= 15 is 0 Å². The predicted molar refractivity (Wildman–Crippen MR) is 84.2 cm³/mol. The molecule has 0 aromatic carbocycles. The Morgan fingerprint density at radius 2 is 1.65 bits per heavy atom. The summed E-state index contributed by atoms with van der Waals surface area (Å²) in [5, 5.41) is 3.66. The summed E-state index contributed by atoms with van der Waals surface area (Å²) in [5.74, 6) is 1.07. The summed E-state index contributed by atoms with van der Waals surface area (Å²) in [6.45, 7) is 0. The van der Waals surface area contributed by atoms with Gasteiger partial charge in [0.05, 0.1) is 0 Å². The zero-order valence-electron chi connectivity index (χ0n) is 12.6. The number of hydrogen-bond acceptors (Lipinski definition) is 2. The zero-order chi connectivity index (χ0) is 13.2. The maximum Gasteiger partial charge on any atom is 0.222 e. The number of hydrogen-bond donors (Lipinski definition) is 1. The van der Waals surface area contributed by atoms with E-state index in [2.05, 4.69) is 10.2 Å². The minimum Gasteiger partial charge on any atom is -0.343 e. The molecule has 0 aromatic rings. The summed E-state index contributed by atoms with van der Waals surface area (Å²) in [6.07, 6.45) is 12.4. The molecule has 3 rings (SSSR count). The van der Waals surface area contributed by atoms with Crippen molar-refractivity contribution in [3.8, 4) is 0 Å². The Hall–Kier alpha value is -0.280. The van der Waals surface area contributed by atoms with Gasteiger partial charge in [0, 0.05) is 31.6 Å². The topological polar surface area (TPSA) is 32.3 Å². The van der Waals surface area contributed by atoms with Gasteiger partial charge in [-0.1, -0.05) is 19.3 Å². The summed E-state index contributed by atoms with van der Waals surface area (Å²) < 4.78 is 0. The summed E-state index contributed by atoms with van der Waals surface area (Å²) in [5.41, 5.74) is 0. The Balaban J connectivity index is 0.00000147. The lowest BCUT2D eigenvalue weighted by molar-refractivity contribution is -0.133. The molecule has 2 atom stereocenters. The molecule has 1 N–H and O–H groups in total. The first-order valence-corrected chi connectivity index (χ1v) is 8.24. The first-order valence-electron chi connectivity index (χ1n) is 8.24. The van der Waals surface area contributed by atoms with Gasteiger partial charge < -0.3 is 10.2 Å². The molecule has 0 radical (unpaired) electrons. The lowest BCUT2D eigenvalue weighted by Gasteiger charge is -2.36. The van der Waals surface area contributed by atoms with Gasteiger partial charge in [0.2, 0.25) is 5.91 Å². The van der Waals surface area contributed by atoms with Crippen LogP contribution in [0.25, 0.3) is 0 Å². The third kappa shape index (κ3) is 3.67. The largest absolute Gasteiger partial charge is 0.343 e. The zero-order valence-corrected chi connectivity index (χ0v) is 13.5. The lowest BCUT2D eigenvalue weighted by atomic mass is 9.86. The molecule has 1 saturated carbocycles. The highest BCUT2D eigenvalue weighted by Gasteiger charge is 2.36. The van der Waals surface area contributed by atoms with Gasteiger partial charge in [-0.15, -0.1) is 12.4 Å². The van der Waals surface area contributed by atoms with E-state index in [4.69, 9.17) is 0 Å². The van der Waals surface area contributed by atoms with Crippen LogP contribution in [0.2, 0.25) is 0 Å². The van der Waals surface area contributed by atoms with E-state index in [1.54, 1.807) is 0 Å².